The highest BCUT2D eigenvalue weighted by Gasteiger charge is 1.99. The first-order valence-electron chi connectivity index (χ1n) is 19.5. The zero-order valence-corrected chi connectivity index (χ0v) is 31.8. The van der Waals surface area contributed by atoms with Gasteiger partial charge in [-0.2, -0.15) is 0 Å². The molecule has 0 saturated heterocycles. The molecule has 294 valence electrons. The van der Waals surface area contributed by atoms with Crippen molar-refractivity contribution in [2.24, 2.45) is 0 Å². The van der Waals surface area contributed by atoms with Crippen molar-refractivity contribution in [3.8, 4) is 0 Å². The minimum atomic E-state index is -1.06. The lowest BCUT2D eigenvalue weighted by atomic mass is 10.0. The molecule has 0 saturated carbocycles. The SMILES string of the molecule is CC(=O)CC(=O)O.CCCCCCCCCCCCCCCC(=O)O.CCCCCCCCCCCCCCCC(=O)O.OCC(O)CO. The Morgan fingerprint density at radius 3 is 0.755 bits per heavy atom. The summed E-state index contributed by atoms with van der Waals surface area (Å²) in [6, 6.07) is 0. The van der Waals surface area contributed by atoms with Crippen LogP contribution in [0.25, 0.3) is 0 Å². The standard InChI is InChI=1S/2C16H32O2.C4H6O3.C3H8O3/c2*1-2-3-4-5-6-7-8-9-10-11-12-13-14-15-16(17)18;1-3(5)2-4(6)7;4-1-3(6)2-5/h2*2-15H2,1H3,(H,17,18);2H2,1H3,(H,6,7);3-6H,1-2H2. The van der Waals surface area contributed by atoms with Gasteiger partial charge < -0.3 is 30.6 Å². The van der Waals surface area contributed by atoms with Gasteiger partial charge >= 0.3 is 17.9 Å². The van der Waals surface area contributed by atoms with E-state index in [4.69, 9.17) is 30.6 Å². The van der Waals surface area contributed by atoms with E-state index >= 15 is 0 Å². The van der Waals surface area contributed by atoms with E-state index in [2.05, 4.69) is 13.8 Å². The molecule has 0 aliphatic rings. The number of carbonyl (C=O) groups excluding carboxylic acids is 1. The Morgan fingerprint density at radius 2 is 0.633 bits per heavy atom. The number of carboxylic acid groups (broad SMARTS) is 3. The molecule has 0 bridgehead atoms. The zero-order chi connectivity index (χ0) is 37.8. The smallest absolute Gasteiger partial charge is 0.310 e. The Kier molecular flexibility index (Phi) is 52.7. The number of ketones is 1. The summed E-state index contributed by atoms with van der Waals surface area (Å²) in [6.45, 7) is 5.04. The number of aliphatic hydroxyl groups excluding tert-OH is 3. The van der Waals surface area contributed by atoms with Gasteiger partial charge in [0.05, 0.1) is 13.2 Å². The molecule has 0 aliphatic carbocycles. The summed E-state index contributed by atoms with van der Waals surface area (Å²) in [5.41, 5.74) is 0. The molecule has 10 nitrogen and oxygen atoms in total. The number of unbranched alkanes of at least 4 members (excludes halogenated alkanes) is 24. The van der Waals surface area contributed by atoms with Gasteiger partial charge in [-0.1, -0.05) is 168 Å². The monoisotopic (exact) mass is 707 g/mol. The second kappa shape index (κ2) is 48.1. The Hall–Kier alpha value is -2.04. The first-order valence-corrected chi connectivity index (χ1v) is 19.5. The largest absolute Gasteiger partial charge is 0.481 e. The van der Waals surface area contributed by atoms with Crippen molar-refractivity contribution >= 4 is 23.7 Å². The van der Waals surface area contributed by atoms with Crippen LogP contribution in [0, 0.1) is 0 Å². The molecule has 49 heavy (non-hydrogen) atoms. The van der Waals surface area contributed by atoms with Crippen LogP contribution in [0.4, 0.5) is 0 Å². The first-order chi connectivity index (χ1) is 23.5. The number of aliphatic carboxylic acids is 3. The summed E-state index contributed by atoms with van der Waals surface area (Å²) in [6.07, 6.45) is 33.2. The van der Waals surface area contributed by atoms with E-state index in [0.717, 1.165) is 25.7 Å². The summed E-state index contributed by atoms with van der Waals surface area (Å²) in [4.78, 5) is 40.1. The number of carboxylic acids is 3. The maximum atomic E-state index is 10.3. The average molecular weight is 707 g/mol. The molecule has 0 radical (unpaired) electrons. The third-order valence-corrected chi connectivity index (χ3v) is 7.81. The zero-order valence-electron chi connectivity index (χ0n) is 31.8. The van der Waals surface area contributed by atoms with Crippen LogP contribution in [0.2, 0.25) is 0 Å². The van der Waals surface area contributed by atoms with Gasteiger partial charge in [0.25, 0.3) is 0 Å². The number of hydrogen-bond donors (Lipinski definition) is 6. The van der Waals surface area contributed by atoms with Crippen molar-refractivity contribution in [1.29, 1.82) is 0 Å². The Labute approximate surface area is 299 Å². The molecular formula is C39H78O10. The molecule has 0 unspecified atom stereocenters. The lowest BCUT2D eigenvalue weighted by Crippen LogP contribution is -2.15. The van der Waals surface area contributed by atoms with Crippen molar-refractivity contribution < 1.29 is 49.8 Å². The summed E-state index contributed by atoms with van der Waals surface area (Å²) < 4.78 is 0. The van der Waals surface area contributed by atoms with Crippen LogP contribution in [0.15, 0.2) is 0 Å². The van der Waals surface area contributed by atoms with Crippen LogP contribution in [0.3, 0.4) is 0 Å². The van der Waals surface area contributed by atoms with E-state index in [9.17, 15) is 19.2 Å². The van der Waals surface area contributed by atoms with Crippen LogP contribution >= 0.6 is 0 Å². The Morgan fingerprint density at radius 1 is 0.408 bits per heavy atom. The maximum absolute atomic E-state index is 10.3. The predicted molar refractivity (Wildman–Crippen MR) is 199 cm³/mol. The quantitative estimate of drug-likeness (QED) is 0.0290. The highest BCUT2D eigenvalue weighted by Crippen LogP contribution is 2.14. The maximum Gasteiger partial charge on any atom is 0.310 e. The van der Waals surface area contributed by atoms with Gasteiger partial charge in [-0.05, 0) is 19.8 Å². The number of aliphatic hydroxyl groups is 3. The van der Waals surface area contributed by atoms with Gasteiger partial charge in [0, 0.05) is 12.8 Å². The molecule has 0 aromatic carbocycles. The van der Waals surface area contributed by atoms with Crippen LogP contribution in [-0.2, 0) is 19.2 Å². The van der Waals surface area contributed by atoms with Gasteiger partial charge in [0.2, 0.25) is 0 Å². The van der Waals surface area contributed by atoms with Crippen LogP contribution in [-0.4, -0.2) is 73.6 Å². The molecule has 0 spiro atoms. The third kappa shape index (κ3) is 68.7. The summed E-state index contributed by atoms with van der Waals surface area (Å²) >= 11 is 0. The second-order valence-electron chi connectivity index (χ2n) is 13.1. The van der Waals surface area contributed by atoms with Crippen molar-refractivity contribution in [2.45, 2.75) is 213 Å². The van der Waals surface area contributed by atoms with E-state index in [1.54, 1.807) is 0 Å². The summed E-state index contributed by atoms with van der Waals surface area (Å²) in [7, 11) is 0. The van der Waals surface area contributed by atoms with Crippen molar-refractivity contribution in [3.05, 3.63) is 0 Å². The number of hydrogen-bond acceptors (Lipinski definition) is 7. The van der Waals surface area contributed by atoms with Crippen molar-refractivity contribution in [1.82, 2.24) is 0 Å². The molecule has 10 heteroatoms. The van der Waals surface area contributed by atoms with Crippen molar-refractivity contribution in [3.63, 3.8) is 0 Å². The van der Waals surface area contributed by atoms with E-state index in [1.807, 2.05) is 0 Å². The van der Waals surface area contributed by atoms with Crippen LogP contribution in [0.5, 0.6) is 0 Å². The number of Topliss-reactive ketones (excluding diaryl/α,β-unsaturated/α-hetero) is 1. The lowest BCUT2D eigenvalue weighted by Gasteiger charge is -2.02. The second-order valence-corrected chi connectivity index (χ2v) is 13.1. The van der Waals surface area contributed by atoms with E-state index in [0.29, 0.717) is 12.8 Å². The van der Waals surface area contributed by atoms with E-state index < -0.39 is 24.0 Å². The fourth-order valence-corrected chi connectivity index (χ4v) is 4.86. The topological polar surface area (TPSA) is 190 Å². The normalized spacial score (nSPS) is 10.3. The molecular weight excluding hydrogens is 628 g/mol. The van der Waals surface area contributed by atoms with Crippen LogP contribution in [0.1, 0.15) is 207 Å². The molecule has 0 amide bonds. The highest BCUT2D eigenvalue weighted by molar-refractivity contribution is 5.93. The Balaban J connectivity index is -0.000000305. The molecule has 0 aliphatic heterocycles. The average Bonchev–Trinajstić information content (AvgIpc) is 3.05. The minimum absolute atomic E-state index is 0.312. The number of carbonyl (C=O) groups is 4. The van der Waals surface area contributed by atoms with E-state index in [1.165, 1.54) is 148 Å². The predicted octanol–water partition coefficient (Wildman–Crippen LogP) is 9.49. The highest BCUT2D eigenvalue weighted by atomic mass is 16.4. The van der Waals surface area contributed by atoms with Gasteiger partial charge in [-0.3, -0.25) is 19.2 Å². The first kappa shape index (κ1) is 53.7. The van der Waals surface area contributed by atoms with Gasteiger partial charge in [-0.15, -0.1) is 0 Å². The third-order valence-electron chi connectivity index (χ3n) is 7.81. The van der Waals surface area contributed by atoms with Crippen molar-refractivity contribution in [2.75, 3.05) is 13.2 Å². The molecule has 0 rings (SSSR count). The van der Waals surface area contributed by atoms with Crippen LogP contribution < -0.4 is 0 Å². The fraction of sp³-hybridized carbons (Fsp3) is 0.897. The van der Waals surface area contributed by atoms with Gasteiger partial charge in [0.1, 0.15) is 18.3 Å². The van der Waals surface area contributed by atoms with E-state index in [-0.39, 0.29) is 25.4 Å². The molecule has 0 heterocycles. The lowest BCUT2D eigenvalue weighted by molar-refractivity contribution is -0.140. The summed E-state index contributed by atoms with van der Waals surface area (Å²) in [5.74, 6) is -2.68. The molecule has 6 N–H and O–H groups in total. The Bertz CT molecular complexity index is 643. The molecule has 0 fully saturated rings. The fourth-order valence-electron chi connectivity index (χ4n) is 4.86. The summed E-state index contributed by atoms with van der Waals surface area (Å²) in [5, 5.41) is 48.9. The van der Waals surface area contributed by atoms with Gasteiger partial charge in [0.15, 0.2) is 0 Å². The number of rotatable bonds is 32. The van der Waals surface area contributed by atoms with Gasteiger partial charge in [-0.25, -0.2) is 0 Å². The molecule has 0 aromatic rings. The minimum Gasteiger partial charge on any atom is -0.481 e. The molecule has 0 atom stereocenters. The molecule has 0 aromatic heterocycles.